The molecule has 0 aliphatic rings. The standard InChI is InChI=1S/C24H35N9O6/c1-13(25)20(35)32-18(9-14-4-6-16(34)7-5-14)21(36)33-19(10-15-11-28-12-30-15)22(37)31-17(23(38)39)3-2-8-29-24(26)27/h4-7,11-13,17-19,34H,2-3,8-10,25H2,1H3,(H,28,30)(H,31,37)(H,32,35)(H,33,36)(H,38,39)(H4,26,27,29). The molecule has 3 amide bonds. The summed E-state index contributed by atoms with van der Waals surface area (Å²) in [6, 6.07) is 1.53. The number of imidazole rings is 1. The average molecular weight is 546 g/mol. The van der Waals surface area contributed by atoms with Crippen molar-refractivity contribution >= 4 is 29.7 Å². The highest BCUT2D eigenvalue weighted by atomic mass is 16.4. The molecule has 15 heteroatoms. The molecule has 2 rings (SSSR count). The van der Waals surface area contributed by atoms with E-state index in [4.69, 9.17) is 17.2 Å². The van der Waals surface area contributed by atoms with Gasteiger partial charge in [0, 0.05) is 31.3 Å². The van der Waals surface area contributed by atoms with E-state index in [1.54, 1.807) is 12.1 Å². The molecule has 1 aromatic heterocycles. The highest BCUT2D eigenvalue weighted by molar-refractivity contribution is 5.94. The largest absolute Gasteiger partial charge is 0.508 e. The second-order valence-corrected chi connectivity index (χ2v) is 8.91. The maximum Gasteiger partial charge on any atom is 0.326 e. The van der Waals surface area contributed by atoms with Crippen molar-refractivity contribution in [3.63, 3.8) is 0 Å². The van der Waals surface area contributed by atoms with Crippen LogP contribution in [0.4, 0.5) is 0 Å². The number of aromatic nitrogens is 2. The minimum atomic E-state index is -1.27. The van der Waals surface area contributed by atoms with Crippen molar-refractivity contribution in [1.82, 2.24) is 25.9 Å². The number of nitrogens with two attached hydrogens (primary N) is 3. The van der Waals surface area contributed by atoms with Gasteiger partial charge in [-0.15, -0.1) is 0 Å². The highest BCUT2D eigenvalue weighted by Crippen LogP contribution is 2.12. The van der Waals surface area contributed by atoms with E-state index < -0.39 is 47.9 Å². The summed E-state index contributed by atoms with van der Waals surface area (Å²) in [6.45, 7) is 1.63. The number of carbonyl (C=O) groups is 4. The first-order chi connectivity index (χ1) is 18.5. The third-order valence-corrected chi connectivity index (χ3v) is 5.59. The Hall–Kier alpha value is -4.66. The summed E-state index contributed by atoms with van der Waals surface area (Å²) in [5.74, 6) is -3.41. The molecule has 0 spiro atoms. The van der Waals surface area contributed by atoms with Crippen molar-refractivity contribution in [3.05, 3.63) is 48.0 Å². The number of aliphatic carboxylic acids is 1. The first kappa shape index (κ1) is 30.6. The molecular weight excluding hydrogens is 510 g/mol. The Morgan fingerprint density at radius 1 is 0.974 bits per heavy atom. The van der Waals surface area contributed by atoms with E-state index in [9.17, 15) is 29.4 Å². The Kier molecular flexibility index (Phi) is 11.7. The van der Waals surface area contributed by atoms with Crippen molar-refractivity contribution in [3.8, 4) is 5.75 Å². The number of aromatic amines is 1. The van der Waals surface area contributed by atoms with Crippen molar-refractivity contribution in [2.75, 3.05) is 6.54 Å². The van der Waals surface area contributed by atoms with Crippen LogP contribution in [0.25, 0.3) is 0 Å². The monoisotopic (exact) mass is 545 g/mol. The number of benzene rings is 1. The van der Waals surface area contributed by atoms with E-state index in [1.807, 2.05) is 0 Å². The zero-order valence-electron chi connectivity index (χ0n) is 21.5. The van der Waals surface area contributed by atoms with E-state index in [-0.39, 0.29) is 43.9 Å². The molecule has 0 fully saturated rings. The van der Waals surface area contributed by atoms with Gasteiger partial charge in [0.1, 0.15) is 23.9 Å². The Balaban J connectivity index is 2.22. The number of guanidine groups is 1. The lowest BCUT2D eigenvalue weighted by molar-refractivity contribution is -0.142. The number of aromatic hydroxyl groups is 1. The minimum Gasteiger partial charge on any atom is -0.508 e. The van der Waals surface area contributed by atoms with E-state index in [0.717, 1.165) is 0 Å². The number of carbonyl (C=O) groups excluding carboxylic acids is 3. The smallest absolute Gasteiger partial charge is 0.326 e. The summed E-state index contributed by atoms with van der Waals surface area (Å²) in [6.07, 6.45) is 3.17. The quantitative estimate of drug-likeness (QED) is 0.0664. The van der Waals surface area contributed by atoms with Crippen LogP contribution in [0.2, 0.25) is 0 Å². The number of carboxylic acids is 1. The number of hydrogen-bond acceptors (Lipinski definition) is 8. The minimum absolute atomic E-state index is 0.0296. The van der Waals surface area contributed by atoms with Gasteiger partial charge in [0.25, 0.3) is 0 Å². The number of nitrogens with zero attached hydrogens (tertiary/aromatic N) is 2. The van der Waals surface area contributed by atoms with Gasteiger partial charge in [-0.25, -0.2) is 9.78 Å². The predicted octanol–water partition coefficient (Wildman–Crippen LogP) is -2.16. The fraction of sp³-hybridized carbons (Fsp3) is 0.417. The SMILES string of the molecule is CC(N)C(=O)NC(Cc1ccc(O)cc1)C(=O)NC(Cc1cnc[nH]1)C(=O)NC(CCCN=C(N)N)C(=O)O. The molecule has 1 heterocycles. The molecule has 39 heavy (non-hydrogen) atoms. The first-order valence-electron chi connectivity index (χ1n) is 12.2. The van der Waals surface area contributed by atoms with Gasteiger partial charge < -0.3 is 48.3 Å². The molecule has 0 saturated heterocycles. The Morgan fingerprint density at radius 3 is 2.10 bits per heavy atom. The normalized spacial score (nSPS) is 13.8. The number of H-pyrrole nitrogens is 1. The fourth-order valence-corrected chi connectivity index (χ4v) is 3.51. The van der Waals surface area contributed by atoms with Gasteiger partial charge in [0.05, 0.1) is 12.4 Å². The van der Waals surface area contributed by atoms with Crippen LogP contribution in [0.15, 0.2) is 41.8 Å². The van der Waals surface area contributed by atoms with Crippen LogP contribution in [0.1, 0.15) is 31.0 Å². The van der Waals surface area contributed by atoms with Crippen LogP contribution >= 0.6 is 0 Å². The number of aliphatic imine (C=N–C) groups is 1. The molecule has 0 saturated carbocycles. The molecule has 0 aliphatic heterocycles. The molecule has 0 radical (unpaired) electrons. The average Bonchev–Trinajstić information content (AvgIpc) is 3.38. The molecule has 212 valence electrons. The summed E-state index contributed by atoms with van der Waals surface area (Å²) in [5, 5.41) is 26.8. The number of phenols is 1. The van der Waals surface area contributed by atoms with Gasteiger partial charge in [-0.05, 0) is 37.5 Å². The predicted molar refractivity (Wildman–Crippen MR) is 141 cm³/mol. The third kappa shape index (κ3) is 10.7. The number of hydrogen-bond donors (Lipinski definition) is 9. The Labute approximate surface area is 224 Å². The topological polar surface area (TPSA) is 264 Å². The van der Waals surface area contributed by atoms with Gasteiger partial charge in [-0.1, -0.05) is 12.1 Å². The number of nitrogens with one attached hydrogen (secondary N) is 4. The highest BCUT2D eigenvalue weighted by Gasteiger charge is 2.30. The van der Waals surface area contributed by atoms with Crippen LogP contribution in [-0.4, -0.2) is 80.5 Å². The lowest BCUT2D eigenvalue weighted by Crippen LogP contribution is -2.58. The van der Waals surface area contributed by atoms with Crippen molar-refractivity contribution in [2.24, 2.45) is 22.2 Å². The Bertz CT molecular complexity index is 1130. The number of carboxylic acid groups (broad SMARTS) is 1. The summed E-state index contributed by atoms with van der Waals surface area (Å²) in [5.41, 5.74) is 17.3. The zero-order valence-corrected chi connectivity index (χ0v) is 21.5. The second kappa shape index (κ2) is 14.9. The van der Waals surface area contributed by atoms with E-state index in [1.165, 1.54) is 31.6 Å². The fourth-order valence-electron chi connectivity index (χ4n) is 3.51. The van der Waals surface area contributed by atoms with Gasteiger partial charge in [0.15, 0.2) is 5.96 Å². The summed E-state index contributed by atoms with van der Waals surface area (Å²) >= 11 is 0. The van der Waals surface area contributed by atoms with E-state index >= 15 is 0 Å². The molecule has 1 aromatic carbocycles. The lowest BCUT2D eigenvalue weighted by Gasteiger charge is -2.25. The zero-order chi connectivity index (χ0) is 28.9. The molecule has 15 nitrogen and oxygen atoms in total. The lowest BCUT2D eigenvalue weighted by atomic mass is 10.0. The molecular formula is C24H35N9O6. The van der Waals surface area contributed by atoms with E-state index in [2.05, 4.69) is 30.9 Å². The van der Waals surface area contributed by atoms with Crippen LogP contribution in [0, 0.1) is 0 Å². The van der Waals surface area contributed by atoms with E-state index in [0.29, 0.717) is 11.3 Å². The third-order valence-electron chi connectivity index (χ3n) is 5.59. The van der Waals surface area contributed by atoms with Gasteiger partial charge in [0.2, 0.25) is 17.7 Å². The second-order valence-electron chi connectivity index (χ2n) is 8.91. The van der Waals surface area contributed by atoms with Crippen LogP contribution < -0.4 is 33.2 Å². The molecule has 4 unspecified atom stereocenters. The summed E-state index contributed by atoms with van der Waals surface area (Å²) < 4.78 is 0. The van der Waals surface area contributed by atoms with Crippen LogP contribution in [-0.2, 0) is 32.0 Å². The first-order valence-corrected chi connectivity index (χ1v) is 12.2. The maximum absolute atomic E-state index is 13.3. The molecule has 4 atom stereocenters. The van der Waals surface area contributed by atoms with Crippen molar-refractivity contribution in [1.29, 1.82) is 0 Å². The molecule has 2 aromatic rings. The van der Waals surface area contributed by atoms with Crippen LogP contribution in [0.5, 0.6) is 5.75 Å². The molecule has 12 N–H and O–H groups in total. The van der Waals surface area contributed by atoms with Crippen molar-refractivity contribution < 1.29 is 29.4 Å². The summed E-state index contributed by atoms with van der Waals surface area (Å²) in [4.78, 5) is 61.1. The number of rotatable bonds is 15. The Morgan fingerprint density at radius 2 is 1.56 bits per heavy atom. The molecule has 0 aliphatic carbocycles. The maximum atomic E-state index is 13.3. The summed E-state index contributed by atoms with van der Waals surface area (Å²) in [7, 11) is 0. The van der Waals surface area contributed by atoms with Gasteiger partial charge in [-0.2, -0.15) is 0 Å². The van der Waals surface area contributed by atoms with Crippen LogP contribution in [0.3, 0.4) is 0 Å². The van der Waals surface area contributed by atoms with Gasteiger partial charge >= 0.3 is 5.97 Å². The molecule has 0 bridgehead atoms. The number of phenolic OH excluding ortho intramolecular Hbond substituents is 1. The van der Waals surface area contributed by atoms with Crippen molar-refractivity contribution in [2.45, 2.75) is 56.8 Å². The van der Waals surface area contributed by atoms with Gasteiger partial charge in [-0.3, -0.25) is 19.4 Å². The number of amides is 3.